The highest BCUT2D eigenvalue weighted by Gasteiger charge is 2.33. The Labute approximate surface area is 205 Å². The molecule has 2 unspecified atom stereocenters. The molecule has 1 N–H and O–H groups in total. The van der Waals surface area contributed by atoms with Gasteiger partial charge in [-0.2, -0.15) is 0 Å². The molecular weight excluding hydrogens is 421 g/mol. The number of hydrogen-bond donors (Lipinski definition) is 1. The largest absolute Gasteiger partial charge is 0.507 e. The van der Waals surface area contributed by atoms with Crippen molar-refractivity contribution in [2.45, 2.75) is 104 Å². The molecule has 0 aromatic heterocycles. The molecule has 1 aliphatic heterocycles. The van der Waals surface area contributed by atoms with Gasteiger partial charge in [-0.3, -0.25) is 0 Å². The van der Waals surface area contributed by atoms with Crippen LogP contribution in [0.5, 0.6) is 5.75 Å². The number of phenols is 1. The fraction of sp³-hybridized carbons (Fsp3) is 0.600. The first-order chi connectivity index (χ1) is 15.5. The summed E-state index contributed by atoms with van der Waals surface area (Å²) >= 11 is 0. The number of rotatable bonds is 8. The standard InChI is InChI=1S/C30H46NOP/c1-8-9-11-16-30(7,25-21-24(29(4,5)6)20-23(3)28(25)32)33-27-15-14-22(2)19-26(27)31-17-12-10-13-18-31/h14-15,19-21,32-33H,8-13,16-18H2,1-7H3. The van der Waals surface area contributed by atoms with Crippen LogP contribution in [0.4, 0.5) is 5.69 Å². The summed E-state index contributed by atoms with van der Waals surface area (Å²) in [5, 5.41) is 12.7. The van der Waals surface area contributed by atoms with E-state index in [0.717, 1.165) is 30.6 Å². The molecule has 1 heterocycles. The van der Waals surface area contributed by atoms with Gasteiger partial charge in [-0.15, -0.1) is 0 Å². The number of anilines is 1. The Bertz CT molecular complexity index is 939. The maximum absolute atomic E-state index is 11.3. The maximum atomic E-state index is 11.3. The second-order valence-electron chi connectivity index (χ2n) is 11.4. The maximum Gasteiger partial charge on any atom is 0.122 e. The summed E-state index contributed by atoms with van der Waals surface area (Å²) < 4.78 is 0. The zero-order valence-electron chi connectivity index (χ0n) is 22.1. The van der Waals surface area contributed by atoms with Crippen LogP contribution in [0.25, 0.3) is 0 Å². The average molecular weight is 468 g/mol. The van der Waals surface area contributed by atoms with Crippen LogP contribution in [0.2, 0.25) is 0 Å². The summed E-state index contributed by atoms with van der Waals surface area (Å²) in [6, 6.07) is 11.5. The highest BCUT2D eigenvalue weighted by atomic mass is 31.1. The molecule has 1 aliphatic rings. The molecule has 3 rings (SSSR count). The van der Waals surface area contributed by atoms with Gasteiger partial charge < -0.3 is 10.0 Å². The van der Waals surface area contributed by atoms with Gasteiger partial charge in [0.1, 0.15) is 5.75 Å². The zero-order chi connectivity index (χ0) is 24.2. The van der Waals surface area contributed by atoms with E-state index in [2.05, 4.69) is 83.7 Å². The van der Waals surface area contributed by atoms with Crippen LogP contribution in [0.3, 0.4) is 0 Å². The molecule has 33 heavy (non-hydrogen) atoms. The lowest BCUT2D eigenvalue weighted by atomic mass is 9.82. The Morgan fingerprint density at radius 2 is 1.64 bits per heavy atom. The lowest BCUT2D eigenvalue weighted by Crippen LogP contribution is -2.33. The Balaban J connectivity index is 2.08. The summed E-state index contributed by atoms with van der Waals surface area (Å²) in [4.78, 5) is 2.61. The smallest absolute Gasteiger partial charge is 0.122 e. The fourth-order valence-electron chi connectivity index (χ4n) is 5.07. The van der Waals surface area contributed by atoms with E-state index in [0.29, 0.717) is 14.3 Å². The van der Waals surface area contributed by atoms with Crippen LogP contribution in [-0.2, 0) is 10.6 Å². The molecule has 0 bridgehead atoms. The van der Waals surface area contributed by atoms with Gasteiger partial charge in [0.25, 0.3) is 0 Å². The normalized spacial score (nSPS) is 17.0. The molecule has 1 fully saturated rings. The summed E-state index contributed by atoms with van der Waals surface area (Å²) in [5.74, 6) is 0.501. The number of hydrogen-bond acceptors (Lipinski definition) is 2. The number of unbranched alkanes of at least 4 members (excludes halogenated alkanes) is 2. The third kappa shape index (κ3) is 6.33. The molecule has 1 saturated heterocycles. The summed E-state index contributed by atoms with van der Waals surface area (Å²) in [6.07, 6.45) is 8.69. The number of aromatic hydroxyl groups is 1. The Kier molecular flexibility index (Phi) is 8.55. The Hall–Kier alpha value is -1.53. The first-order valence-corrected chi connectivity index (χ1v) is 14.0. The quantitative estimate of drug-likeness (QED) is 0.313. The summed E-state index contributed by atoms with van der Waals surface area (Å²) in [6.45, 7) is 18.1. The van der Waals surface area contributed by atoms with Crippen molar-refractivity contribution in [2.24, 2.45) is 0 Å². The van der Waals surface area contributed by atoms with Crippen molar-refractivity contribution >= 4 is 19.6 Å². The minimum Gasteiger partial charge on any atom is -0.507 e. The summed E-state index contributed by atoms with van der Waals surface area (Å²) in [5.41, 5.74) is 6.29. The van der Waals surface area contributed by atoms with Crippen molar-refractivity contribution in [3.8, 4) is 5.75 Å². The summed E-state index contributed by atoms with van der Waals surface area (Å²) in [7, 11) is 0.628. The predicted molar refractivity (Wildman–Crippen MR) is 148 cm³/mol. The van der Waals surface area contributed by atoms with Crippen LogP contribution < -0.4 is 10.2 Å². The number of benzene rings is 2. The molecule has 2 aromatic carbocycles. The molecule has 0 spiro atoms. The molecule has 0 saturated carbocycles. The van der Waals surface area contributed by atoms with Gasteiger partial charge in [-0.1, -0.05) is 86.7 Å². The number of piperidine rings is 1. The molecule has 0 amide bonds. The molecule has 2 aromatic rings. The molecule has 0 radical (unpaired) electrons. The van der Waals surface area contributed by atoms with Crippen LogP contribution in [0, 0.1) is 13.8 Å². The lowest BCUT2D eigenvalue weighted by molar-refractivity contribution is 0.444. The van der Waals surface area contributed by atoms with Gasteiger partial charge in [-0.05, 0) is 73.0 Å². The monoisotopic (exact) mass is 467 g/mol. The third-order valence-electron chi connectivity index (χ3n) is 7.30. The van der Waals surface area contributed by atoms with E-state index >= 15 is 0 Å². The minimum atomic E-state index is -0.0783. The molecule has 3 heteroatoms. The second-order valence-corrected chi connectivity index (χ2v) is 13.3. The van der Waals surface area contributed by atoms with Crippen molar-refractivity contribution in [1.82, 2.24) is 0 Å². The molecular formula is C30H46NOP. The lowest BCUT2D eigenvalue weighted by Gasteiger charge is -2.36. The zero-order valence-corrected chi connectivity index (χ0v) is 23.1. The van der Waals surface area contributed by atoms with Gasteiger partial charge in [0.15, 0.2) is 0 Å². The number of phenolic OH excluding ortho intramolecular Hbond substituents is 1. The molecule has 182 valence electrons. The van der Waals surface area contributed by atoms with E-state index < -0.39 is 0 Å². The highest BCUT2D eigenvalue weighted by Crippen LogP contribution is 2.51. The number of aryl methyl sites for hydroxylation is 2. The van der Waals surface area contributed by atoms with E-state index in [1.165, 1.54) is 60.6 Å². The Morgan fingerprint density at radius 1 is 0.939 bits per heavy atom. The SMILES string of the molecule is CCCCCC(C)(Pc1ccc(C)cc1N1CCCCC1)c1cc(C(C)(C)C)cc(C)c1O. The first kappa shape index (κ1) is 26.1. The van der Waals surface area contributed by atoms with Crippen LogP contribution in [0.15, 0.2) is 30.3 Å². The minimum absolute atomic E-state index is 0.0590. The van der Waals surface area contributed by atoms with Gasteiger partial charge >= 0.3 is 0 Å². The van der Waals surface area contributed by atoms with E-state index in [1.807, 2.05) is 0 Å². The number of nitrogens with zero attached hydrogens (tertiary/aromatic N) is 1. The molecule has 0 aliphatic carbocycles. The van der Waals surface area contributed by atoms with Crippen LogP contribution in [-0.4, -0.2) is 18.2 Å². The van der Waals surface area contributed by atoms with Gasteiger partial charge in [0.05, 0.1) is 0 Å². The second kappa shape index (κ2) is 10.8. The van der Waals surface area contributed by atoms with Gasteiger partial charge in [0, 0.05) is 29.5 Å². The molecule has 2 nitrogen and oxygen atoms in total. The highest BCUT2D eigenvalue weighted by molar-refractivity contribution is 7.49. The predicted octanol–water partition coefficient (Wildman–Crippen LogP) is 8.10. The third-order valence-corrected chi connectivity index (χ3v) is 9.07. The van der Waals surface area contributed by atoms with Crippen LogP contribution in [0.1, 0.15) is 102 Å². The molecule has 2 atom stereocenters. The van der Waals surface area contributed by atoms with E-state index in [-0.39, 0.29) is 10.6 Å². The van der Waals surface area contributed by atoms with Crippen molar-refractivity contribution in [1.29, 1.82) is 0 Å². The van der Waals surface area contributed by atoms with Crippen LogP contribution >= 0.6 is 8.58 Å². The first-order valence-electron chi connectivity index (χ1n) is 13.0. The van der Waals surface area contributed by atoms with Gasteiger partial charge in [0.2, 0.25) is 0 Å². The average Bonchev–Trinajstić information content (AvgIpc) is 2.76. The fourth-order valence-corrected chi connectivity index (χ4v) is 6.81. The van der Waals surface area contributed by atoms with Gasteiger partial charge in [-0.25, -0.2) is 0 Å². The van der Waals surface area contributed by atoms with Crippen molar-refractivity contribution in [3.05, 3.63) is 52.6 Å². The van der Waals surface area contributed by atoms with Crippen molar-refractivity contribution in [3.63, 3.8) is 0 Å². The Morgan fingerprint density at radius 3 is 2.27 bits per heavy atom. The van der Waals surface area contributed by atoms with E-state index in [9.17, 15) is 5.11 Å². The van der Waals surface area contributed by atoms with Crippen molar-refractivity contribution in [2.75, 3.05) is 18.0 Å². The van der Waals surface area contributed by atoms with Crippen molar-refractivity contribution < 1.29 is 5.11 Å². The topological polar surface area (TPSA) is 23.5 Å². The van der Waals surface area contributed by atoms with E-state index in [1.54, 1.807) is 0 Å². The van der Waals surface area contributed by atoms with E-state index in [4.69, 9.17) is 0 Å².